The van der Waals surface area contributed by atoms with Crippen LogP contribution in [0.3, 0.4) is 0 Å². The molecule has 3 amide bonds. The average molecular weight is 1100 g/mol. The van der Waals surface area contributed by atoms with Gasteiger partial charge >= 0.3 is 6.09 Å². The number of amides is 3. The molecule has 8 aromatic rings. The molecule has 4 aromatic carbocycles. The van der Waals surface area contributed by atoms with Gasteiger partial charge in [0, 0.05) is 59.4 Å². The first-order valence-corrected chi connectivity index (χ1v) is 27.2. The largest absolute Gasteiger partial charge is 0.444 e. The number of carbonyl (C=O) groups excluding carboxylic acids is 3. The number of H-pyrrole nitrogens is 2. The van der Waals surface area contributed by atoms with Crippen LogP contribution in [0.1, 0.15) is 83.3 Å². The van der Waals surface area contributed by atoms with Crippen LogP contribution < -0.4 is 26.6 Å². The third kappa shape index (κ3) is 14.7. The van der Waals surface area contributed by atoms with E-state index >= 15 is 0 Å². The Labute approximate surface area is 468 Å². The molecule has 2 unspecified atom stereocenters. The highest BCUT2D eigenvalue weighted by Crippen LogP contribution is 2.34. The van der Waals surface area contributed by atoms with Gasteiger partial charge < -0.3 is 36.2 Å². The normalized spacial score (nSPS) is 17.2. The summed E-state index contributed by atoms with van der Waals surface area (Å²) in [7, 11) is 0. The van der Waals surface area contributed by atoms with E-state index in [0.29, 0.717) is 63.7 Å². The zero-order valence-electron chi connectivity index (χ0n) is 44.4. The number of rotatable bonds is 16. The van der Waals surface area contributed by atoms with Crippen LogP contribution in [0.25, 0.3) is 44.6 Å². The van der Waals surface area contributed by atoms with Crippen LogP contribution in [-0.2, 0) is 27.4 Å². The van der Waals surface area contributed by atoms with Crippen molar-refractivity contribution >= 4 is 86.2 Å². The number of benzene rings is 4. The Morgan fingerprint density at radius 2 is 1.13 bits per heavy atom. The van der Waals surface area contributed by atoms with Crippen LogP contribution in [0.15, 0.2) is 135 Å². The summed E-state index contributed by atoms with van der Waals surface area (Å²) in [5, 5.41) is 33.9. The molecule has 2 aliphatic rings. The standard InChI is InChI=1S/C32H36ClN7O3.C27H28ClN7O/c1-5-27(41)35-21-15-13-20(14-16-21)19-40(31(42)43-32(2,3)4)23-10-8-9-22(17-23)36-30-34-18-25(33)29(37-30)28-24-11-6-7-12-26(24)38-39-28;1-2-24(36)31-18-12-10-17(11-13-18)15-29-19-6-5-7-20(14-19)32-27-30-16-22(28)26(33-27)25-21-8-3-4-9-23(21)34-35-25/h5-7,11-16,18,22-23H,1,8-10,17,19H2,2-4H3,(H,35,41)(H,38,39)(H,34,36,37);2-4,8-13,16,19-20,29H,1,5-7,14-15H2,(H,31,36)(H,34,35)(H,30,32,33)/t22?,23-;19-,20?/m00/s1. The lowest BCUT2D eigenvalue weighted by atomic mass is 9.90. The molecule has 18 nitrogen and oxygen atoms in total. The summed E-state index contributed by atoms with van der Waals surface area (Å²) in [6.07, 6.45) is 13.0. The van der Waals surface area contributed by atoms with Gasteiger partial charge in [-0.15, -0.1) is 0 Å². The first-order valence-electron chi connectivity index (χ1n) is 26.4. The van der Waals surface area contributed by atoms with E-state index in [9.17, 15) is 14.4 Å². The van der Waals surface area contributed by atoms with E-state index < -0.39 is 5.60 Å². The molecule has 0 spiro atoms. The maximum atomic E-state index is 13.5. The van der Waals surface area contributed by atoms with Gasteiger partial charge in [0.05, 0.1) is 33.5 Å². The number of para-hydroxylation sites is 2. The molecule has 0 aliphatic heterocycles. The highest BCUT2D eigenvalue weighted by molar-refractivity contribution is 6.33. The van der Waals surface area contributed by atoms with Crippen molar-refractivity contribution < 1.29 is 19.1 Å². The second kappa shape index (κ2) is 25.5. The van der Waals surface area contributed by atoms with E-state index in [0.717, 1.165) is 90.2 Å². The Morgan fingerprint density at radius 3 is 1.65 bits per heavy atom. The highest BCUT2D eigenvalue weighted by atomic mass is 35.5. The predicted molar refractivity (Wildman–Crippen MR) is 313 cm³/mol. The number of nitrogens with zero attached hydrogens (tertiary/aromatic N) is 7. The van der Waals surface area contributed by atoms with Crippen molar-refractivity contribution in [3.8, 4) is 22.8 Å². The Balaban J connectivity index is 0.000000195. The molecular formula is C59H64Cl2N14O4. The third-order valence-corrected chi connectivity index (χ3v) is 14.2. The van der Waals surface area contributed by atoms with Gasteiger partial charge in [0.2, 0.25) is 23.7 Å². The Morgan fingerprint density at radius 1 is 0.646 bits per heavy atom. The molecule has 79 heavy (non-hydrogen) atoms. The number of aromatic amines is 2. The van der Waals surface area contributed by atoms with Crippen molar-refractivity contribution in [3.05, 3.63) is 156 Å². The van der Waals surface area contributed by atoms with E-state index in [4.69, 9.17) is 37.9 Å². The number of aromatic nitrogens is 8. The molecule has 4 aromatic heterocycles. The zero-order chi connectivity index (χ0) is 55.5. The van der Waals surface area contributed by atoms with Gasteiger partial charge in [-0.05, 0) is 132 Å². The third-order valence-electron chi connectivity index (χ3n) is 13.7. The SMILES string of the molecule is C=CC(=O)Nc1ccc(CN(C(=O)OC(C)(C)C)[C@H]2CCCC(Nc3ncc(Cl)c(-c4n[nH]c5ccccc45)n3)C2)cc1.C=CC(=O)Nc1ccc(CN[C@H]2CCCC(Nc3ncc(Cl)c(-c4n[nH]c5ccccc45)n3)C2)cc1. The molecule has 4 heterocycles. The topological polar surface area (TPSA) is 233 Å². The predicted octanol–water partition coefficient (Wildman–Crippen LogP) is 12.3. The average Bonchev–Trinajstić information content (AvgIpc) is 4.18. The summed E-state index contributed by atoms with van der Waals surface area (Å²) in [5.41, 5.74) is 7.26. The lowest BCUT2D eigenvalue weighted by molar-refractivity contribution is -0.112. The van der Waals surface area contributed by atoms with Gasteiger partial charge in [-0.1, -0.05) is 97.0 Å². The van der Waals surface area contributed by atoms with Crippen LogP contribution in [0.5, 0.6) is 0 Å². The van der Waals surface area contributed by atoms with Crippen LogP contribution in [0.4, 0.5) is 28.1 Å². The van der Waals surface area contributed by atoms with Gasteiger partial charge in [0.1, 0.15) is 28.4 Å². The minimum absolute atomic E-state index is 0.0325. The molecule has 7 N–H and O–H groups in total. The van der Waals surface area contributed by atoms with Crippen molar-refractivity contribution in [2.75, 3.05) is 21.3 Å². The fraction of sp³-hybridized carbons (Fsp3) is 0.305. The lowest BCUT2D eigenvalue weighted by Crippen LogP contribution is -2.46. The number of hydrogen-bond donors (Lipinski definition) is 7. The quantitative estimate of drug-likeness (QED) is 0.0447. The van der Waals surface area contributed by atoms with Crippen molar-refractivity contribution in [2.45, 2.75) is 115 Å². The van der Waals surface area contributed by atoms with Gasteiger partial charge in [0.25, 0.3) is 0 Å². The summed E-state index contributed by atoms with van der Waals surface area (Å²) in [6, 6.07) is 31.6. The summed E-state index contributed by atoms with van der Waals surface area (Å²) >= 11 is 13.0. The minimum Gasteiger partial charge on any atom is -0.444 e. The Kier molecular flexibility index (Phi) is 17.9. The molecular weight excluding hydrogens is 1040 g/mol. The summed E-state index contributed by atoms with van der Waals surface area (Å²) < 4.78 is 5.82. The molecule has 0 radical (unpaired) electrons. The smallest absolute Gasteiger partial charge is 0.410 e. The van der Waals surface area contributed by atoms with E-state index in [1.807, 2.05) is 118 Å². The molecule has 4 atom stereocenters. The summed E-state index contributed by atoms with van der Waals surface area (Å²) in [4.78, 5) is 56.7. The summed E-state index contributed by atoms with van der Waals surface area (Å²) in [5.74, 6) is 0.525. The number of carbonyl (C=O) groups is 3. The van der Waals surface area contributed by atoms with E-state index in [1.54, 1.807) is 17.3 Å². The lowest BCUT2D eigenvalue weighted by Gasteiger charge is -2.38. The summed E-state index contributed by atoms with van der Waals surface area (Å²) in [6.45, 7) is 13.7. The molecule has 10 rings (SSSR count). The van der Waals surface area contributed by atoms with Crippen molar-refractivity contribution in [3.63, 3.8) is 0 Å². The number of anilines is 4. The van der Waals surface area contributed by atoms with Gasteiger partial charge in [-0.25, -0.2) is 24.7 Å². The minimum atomic E-state index is -0.634. The second-order valence-electron chi connectivity index (χ2n) is 20.7. The maximum absolute atomic E-state index is 13.5. The van der Waals surface area contributed by atoms with Crippen LogP contribution >= 0.6 is 23.2 Å². The van der Waals surface area contributed by atoms with Crippen molar-refractivity contribution in [1.82, 2.24) is 50.5 Å². The van der Waals surface area contributed by atoms with Crippen LogP contribution in [0.2, 0.25) is 10.0 Å². The van der Waals surface area contributed by atoms with Gasteiger partial charge in [-0.2, -0.15) is 10.2 Å². The molecule has 0 saturated heterocycles. The van der Waals surface area contributed by atoms with Crippen molar-refractivity contribution in [1.29, 1.82) is 0 Å². The number of nitrogens with one attached hydrogen (secondary N) is 7. The van der Waals surface area contributed by atoms with Crippen LogP contribution in [0, 0.1) is 0 Å². The zero-order valence-corrected chi connectivity index (χ0v) is 45.9. The molecule has 2 fully saturated rings. The molecule has 2 aliphatic carbocycles. The first-order chi connectivity index (χ1) is 38.2. The van der Waals surface area contributed by atoms with Gasteiger partial charge in [-0.3, -0.25) is 19.8 Å². The maximum Gasteiger partial charge on any atom is 0.410 e. The van der Waals surface area contributed by atoms with Crippen molar-refractivity contribution in [2.24, 2.45) is 0 Å². The number of halogens is 2. The Bertz CT molecular complexity index is 3430. The van der Waals surface area contributed by atoms with Gasteiger partial charge in [0.15, 0.2) is 0 Å². The number of ether oxygens (including phenoxy) is 1. The monoisotopic (exact) mass is 1100 g/mol. The fourth-order valence-corrected chi connectivity index (χ4v) is 10.2. The molecule has 2 saturated carbocycles. The van der Waals surface area contributed by atoms with Crippen LogP contribution in [-0.4, -0.2) is 92.9 Å². The number of fused-ring (bicyclic) bond motifs is 2. The number of hydrogen-bond acceptors (Lipinski definition) is 13. The highest BCUT2D eigenvalue weighted by Gasteiger charge is 2.33. The fourth-order valence-electron chi connectivity index (χ4n) is 9.85. The van der Waals surface area contributed by atoms with E-state index in [-0.39, 0.29) is 36.0 Å². The van der Waals surface area contributed by atoms with E-state index in [2.05, 4.69) is 70.1 Å². The molecule has 20 heteroatoms. The molecule has 408 valence electrons. The molecule has 0 bridgehead atoms. The first kappa shape index (κ1) is 55.6. The van der Waals surface area contributed by atoms with E-state index in [1.165, 1.54) is 17.7 Å². The second-order valence-corrected chi connectivity index (χ2v) is 21.5. The Hall–Kier alpha value is -8.19.